The van der Waals surface area contributed by atoms with Crippen molar-refractivity contribution < 1.29 is 12.8 Å². The van der Waals surface area contributed by atoms with Crippen molar-refractivity contribution in [2.45, 2.75) is 23.3 Å². The van der Waals surface area contributed by atoms with Crippen LogP contribution in [-0.2, 0) is 16.4 Å². The molecule has 1 aromatic heterocycles. The number of benzene rings is 1. The minimum atomic E-state index is -3.53. The average molecular weight is 251 g/mol. The highest BCUT2D eigenvalue weighted by atomic mass is 32.2. The zero-order valence-electron chi connectivity index (χ0n) is 9.38. The van der Waals surface area contributed by atoms with E-state index in [1.165, 1.54) is 12.3 Å². The van der Waals surface area contributed by atoms with Crippen LogP contribution in [0.4, 0.5) is 0 Å². The molecule has 0 aliphatic carbocycles. The van der Waals surface area contributed by atoms with Crippen LogP contribution in [0.25, 0.3) is 0 Å². The normalized spacial score (nSPS) is 11.6. The molecule has 0 radical (unpaired) electrons. The second-order valence-electron chi connectivity index (χ2n) is 3.73. The van der Waals surface area contributed by atoms with Crippen molar-refractivity contribution in [1.82, 2.24) is 0 Å². The summed E-state index contributed by atoms with van der Waals surface area (Å²) in [7, 11) is -3.53. The molecule has 0 fully saturated rings. The summed E-state index contributed by atoms with van der Waals surface area (Å²) in [5, 5.41) is 0. The fourth-order valence-electron chi connectivity index (χ4n) is 1.56. The lowest BCUT2D eigenvalue weighted by Crippen LogP contribution is -2.06. The molecular formula is C12H13NO3S. The Morgan fingerprint density at radius 3 is 2.41 bits per heavy atom. The van der Waals surface area contributed by atoms with Crippen LogP contribution >= 0.6 is 0 Å². The van der Waals surface area contributed by atoms with Crippen LogP contribution in [0, 0.1) is 6.92 Å². The first-order chi connectivity index (χ1) is 8.05. The quantitative estimate of drug-likeness (QED) is 0.903. The third-order valence-electron chi connectivity index (χ3n) is 2.51. The molecule has 0 atom stereocenters. The van der Waals surface area contributed by atoms with Gasteiger partial charge >= 0.3 is 0 Å². The predicted octanol–water partition coefficient (Wildman–Crippen LogP) is 1.88. The maximum absolute atomic E-state index is 12.3. The van der Waals surface area contributed by atoms with E-state index in [4.69, 9.17) is 10.2 Å². The first-order valence-corrected chi connectivity index (χ1v) is 6.62. The molecule has 0 spiro atoms. The van der Waals surface area contributed by atoms with Crippen LogP contribution < -0.4 is 5.73 Å². The number of rotatable bonds is 3. The fourth-order valence-corrected chi connectivity index (χ4v) is 2.98. The van der Waals surface area contributed by atoms with Crippen LogP contribution in [0.15, 0.2) is 50.8 Å². The lowest BCUT2D eigenvalue weighted by molar-refractivity contribution is 0.500. The SMILES string of the molecule is Cc1ccc(S(=O)(=O)c2ccoc2CN)cc1. The van der Waals surface area contributed by atoms with Gasteiger partial charge in [0.05, 0.1) is 17.7 Å². The number of hydrogen-bond acceptors (Lipinski definition) is 4. The Balaban J connectivity index is 2.54. The van der Waals surface area contributed by atoms with Gasteiger partial charge in [0.15, 0.2) is 0 Å². The lowest BCUT2D eigenvalue weighted by Gasteiger charge is -2.04. The molecule has 0 unspecified atom stereocenters. The Bertz CT molecular complexity index is 611. The van der Waals surface area contributed by atoms with E-state index in [2.05, 4.69) is 0 Å². The standard InChI is InChI=1S/C12H13NO3S/c1-9-2-4-10(5-3-9)17(14,15)12-6-7-16-11(12)8-13/h2-7H,8,13H2,1H3. The number of hydrogen-bond donors (Lipinski definition) is 1. The van der Waals surface area contributed by atoms with Gasteiger partial charge in [0.1, 0.15) is 10.7 Å². The van der Waals surface area contributed by atoms with Gasteiger partial charge in [-0.25, -0.2) is 8.42 Å². The molecule has 0 amide bonds. The van der Waals surface area contributed by atoms with Gasteiger partial charge in [-0.1, -0.05) is 17.7 Å². The Morgan fingerprint density at radius 2 is 1.82 bits per heavy atom. The molecule has 17 heavy (non-hydrogen) atoms. The summed E-state index contributed by atoms with van der Waals surface area (Å²) in [6, 6.07) is 8.11. The van der Waals surface area contributed by atoms with E-state index >= 15 is 0 Å². The van der Waals surface area contributed by atoms with Crippen LogP contribution in [0.2, 0.25) is 0 Å². The van der Waals surface area contributed by atoms with Crippen molar-refractivity contribution in [1.29, 1.82) is 0 Å². The summed E-state index contributed by atoms with van der Waals surface area (Å²) < 4.78 is 29.6. The van der Waals surface area contributed by atoms with Gasteiger partial charge in [-0.15, -0.1) is 0 Å². The van der Waals surface area contributed by atoms with E-state index in [1.807, 2.05) is 6.92 Å². The van der Waals surface area contributed by atoms with Crippen LogP contribution in [0.1, 0.15) is 11.3 Å². The van der Waals surface area contributed by atoms with Crippen molar-refractivity contribution in [3.8, 4) is 0 Å². The molecule has 0 saturated heterocycles. The fraction of sp³-hybridized carbons (Fsp3) is 0.167. The first kappa shape index (κ1) is 11.9. The van der Waals surface area contributed by atoms with Gasteiger partial charge in [0.25, 0.3) is 0 Å². The van der Waals surface area contributed by atoms with Gasteiger partial charge in [-0.2, -0.15) is 0 Å². The molecule has 0 aliphatic heterocycles. The van der Waals surface area contributed by atoms with Crippen molar-refractivity contribution in [2.24, 2.45) is 5.73 Å². The van der Waals surface area contributed by atoms with Crippen molar-refractivity contribution in [3.63, 3.8) is 0 Å². The Kier molecular flexibility index (Phi) is 3.04. The van der Waals surface area contributed by atoms with Gasteiger partial charge in [0.2, 0.25) is 9.84 Å². The molecule has 1 aromatic carbocycles. The van der Waals surface area contributed by atoms with Crippen LogP contribution in [0.3, 0.4) is 0 Å². The molecule has 4 nitrogen and oxygen atoms in total. The topological polar surface area (TPSA) is 73.3 Å². The maximum Gasteiger partial charge on any atom is 0.210 e. The van der Waals surface area contributed by atoms with Gasteiger partial charge in [0, 0.05) is 0 Å². The van der Waals surface area contributed by atoms with E-state index in [9.17, 15) is 8.42 Å². The largest absolute Gasteiger partial charge is 0.467 e. The van der Waals surface area contributed by atoms with E-state index < -0.39 is 9.84 Å². The molecule has 0 saturated carbocycles. The smallest absolute Gasteiger partial charge is 0.210 e. The molecule has 90 valence electrons. The average Bonchev–Trinajstić information content (AvgIpc) is 2.78. The monoisotopic (exact) mass is 251 g/mol. The zero-order valence-corrected chi connectivity index (χ0v) is 10.2. The third-order valence-corrected chi connectivity index (χ3v) is 4.35. The Hall–Kier alpha value is -1.59. The molecule has 2 rings (SSSR count). The maximum atomic E-state index is 12.3. The van der Waals surface area contributed by atoms with Crippen LogP contribution in [-0.4, -0.2) is 8.42 Å². The summed E-state index contributed by atoms with van der Waals surface area (Å²) in [5.41, 5.74) is 6.45. The van der Waals surface area contributed by atoms with Gasteiger partial charge < -0.3 is 10.2 Å². The summed E-state index contributed by atoms with van der Waals surface area (Å²) >= 11 is 0. The predicted molar refractivity (Wildman–Crippen MR) is 63.2 cm³/mol. The molecule has 2 N–H and O–H groups in total. The summed E-state index contributed by atoms with van der Waals surface area (Å²) in [6.45, 7) is 1.97. The highest BCUT2D eigenvalue weighted by molar-refractivity contribution is 7.91. The van der Waals surface area contributed by atoms with Gasteiger partial charge in [-0.05, 0) is 25.1 Å². The number of furan rings is 1. The third kappa shape index (κ3) is 2.11. The minimum absolute atomic E-state index is 0.0629. The summed E-state index contributed by atoms with van der Waals surface area (Å²) in [4.78, 5) is 0.392. The van der Waals surface area contributed by atoms with Gasteiger partial charge in [-0.3, -0.25) is 0 Å². The van der Waals surface area contributed by atoms with E-state index in [1.54, 1.807) is 24.3 Å². The highest BCUT2D eigenvalue weighted by Gasteiger charge is 2.22. The molecule has 2 aromatic rings. The second-order valence-corrected chi connectivity index (χ2v) is 5.65. The van der Waals surface area contributed by atoms with E-state index in [-0.39, 0.29) is 22.1 Å². The second kappa shape index (κ2) is 4.35. The number of nitrogens with two attached hydrogens (primary N) is 1. The number of aryl methyl sites for hydroxylation is 1. The van der Waals surface area contributed by atoms with Crippen molar-refractivity contribution in [2.75, 3.05) is 0 Å². The van der Waals surface area contributed by atoms with Crippen molar-refractivity contribution in [3.05, 3.63) is 47.9 Å². The zero-order chi connectivity index (χ0) is 12.5. The Morgan fingerprint density at radius 1 is 1.18 bits per heavy atom. The van der Waals surface area contributed by atoms with Crippen LogP contribution in [0.5, 0.6) is 0 Å². The van der Waals surface area contributed by atoms with E-state index in [0.29, 0.717) is 0 Å². The number of sulfone groups is 1. The molecule has 0 bridgehead atoms. The summed E-state index contributed by atoms with van der Waals surface area (Å²) in [6.07, 6.45) is 1.34. The highest BCUT2D eigenvalue weighted by Crippen LogP contribution is 2.24. The van der Waals surface area contributed by atoms with Crippen molar-refractivity contribution >= 4 is 9.84 Å². The molecule has 5 heteroatoms. The molecule has 0 aliphatic rings. The minimum Gasteiger partial charge on any atom is -0.467 e. The molecule has 1 heterocycles. The first-order valence-electron chi connectivity index (χ1n) is 5.14. The van der Waals surface area contributed by atoms with E-state index in [0.717, 1.165) is 5.56 Å². The summed E-state index contributed by atoms with van der Waals surface area (Å²) in [5.74, 6) is 0.283. The lowest BCUT2D eigenvalue weighted by atomic mass is 10.2. The Labute approximate surface area is 100.0 Å². The molecular weight excluding hydrogens is 238 g/mol.